The van der Waals surface area contributed by atoms with Crippen molar-refractivity contribution in [1.82, 2.24) is 9.13 Å². The van der Waals surface area contributed by atoms with E-state index in [1.807, 2.05) is 31.2 Å². The van der Waals surface area contributed by atoms with Gasteiger partial charge in [-0.1, -0.05) is 19.1 Å². The predicted molar refractivity (Wildman–Crippen MR) is 68.7 cm³/mol. The lowest BCUT2D eigenvalue weighted by Crippen LogP contribution is -2.25. The number of fused-ring (bicyclic) bond motifs is 1. The zero-order chi connectivity index (χ0) is 13.1. The number of benzene rings is 1. The van der Waals surface area contributed by atoms with Gasteiger partial charge in [0.1, 0.15) is 0 Å². The lowest BCUT2D eigenvalue weighted by Gasteiger charge is -1.99. The number of hydrogen-bond acceptors (Lipinski definition) is 2. The fraction of sp³-hybridized carbons (Fsp3) is 0.385. The van der Waals surface area contributed by atoms with Gasteiger partial charge in [-0.05, 0) is 18.6 Å². The summed E-state index contributed by atoms with van der Waals surface area (Å²) in [7, 11) is 0. The molecule has 0 bridgehead atoms. The van der Waals surface area contributed by atoms with E-state index >= 15 is 0 Å². The summed E-state index contributed by atoms with van der Waals surface area (Å²) >= 11 is 0. The molecule has 0 aliphatic heterocycles. The molecular weight excluding hydrogens is 232 g/mol. The summed E-state index contributed by atoms with van der Waals surface area (Å²) in [5.41, 5.74) is 1.55. The average molecular weight is 248 g/mol. The van der Waals surface area contributed by atoms with Crippen LogP contribution in [0.15, 0.2) is 29.1 Å². The molecule has 0 saturated heterocycles. The Morgan fingerprint density at radius 2 is 1.72 bits per heavy atom. The zero-order valence-corrected chi connectivity index (χ0v) is 10.3. The Morgan fingerprint density at radius 3 is 2.22 bits per heavy atom. The summed E-state index contributed by atoms with van der Waals surface area (Å²) in [5.74, 6) is -0.894. The quantitative estimate of drug-likeness (QED) is 0.875. The maximum Gasteiger partial charge on any atom is 0.329 e. The number of rotatable bonds is 5. The Bertz CT molecular complexity index is 625. The van der Waals surface area contributed by atoms with Gasteiger partial charge >= 0.3 is 11.7 Å². The molecule has 5 heteroatoms. The lowest BCUT2D eigenvalue weighted by atomic mass is 10.3. The summed E-state index contributed by atoms with van der Waals surface area (Å²) < 4.78 is 3.25. The SMILES string of the molecule is CCCn1c(=O)n(CCC(=O)O)c2ccccc21. The second kappa shape index (κ2) is 5.08. The third-order valence-corrected chi connectivity index (χ3v) is 2.92. The monoisotopic (exact) mass is 248 g/mol. The average Bonchev–Trinajstić information content (AvgIpc) is 2.61. The third-order valence-electron chi connectivity index (χ3n) is 2.92. The molecule has 2 aromatic rings. The molecule has 0 unspecified atom stereocenters. The van der Waals surface area contributed by atoms with E-state index in [1.165, 1.54) is 0 Å². The van der Waals surface area contributed by atoms with Gasteiger partial charge in [0.05, 0.1) is 17.5 Å². The number of carboxylic acids is 1. The van der Waals surface area contributed by atoms with Gasteiger partial charge in [-0.3, -0.25) is 13.9 Å². The van der Waals surface area contributed by atoms with E-state index in [2.05, 4.69) is 0 Å². The van der Waals surface area contributed by atoms with Crippen LogP contribution in [0.3, 0.4) is 0 Å². The Labute approximate surface area is 104 Å². The normalized spacial score (nSPS) is 10.9. The summed E-state index contributed by atoms with van der Waals surface area (Å²) in [6.45, 7) is 2.88. The van der Waals surface area contributed by atoms with Crippen molar-refractivity contribution in [3.05, 3.63) is 34.7 Å². The number of aromatic nitrogens is 2. The molecule has 1 aromatic carbocycles. The van der Waals surface area contributed by atoms with E-state index in [1.54, 1.807) is 9.13 Å². The van der Waals surface area contributed by atoms with E-state index in [0.717, 1.165) is 17.5 Å². The minimum absolute atomic E-state index is 0.0416. The van der Waals surface area contributed by atoms with Gasteiger partial charge in [0.2, 0.25) is 0 Å². The topological polar surface area (TPSA) is 64.2 Å². The van der Waals surface area contributed by atoms with Crippen LogP contribution >= 0.6 is 0 Å². The Kier molecular flexibility index (Phi) is 3.50. The highest BCUT2D eigenvalue weighted by molar-refractivity contribution is 5.76. The van der Waals surface area contributed by atoms with Gasteiger partial charge in [0.25, 0.3) is 0 Å². The fourth-order valence-electron chi connectivity index (χ4n) is 2.14. The molecule has 5 nitrogen and oxygen atoms in total. The first-order valence-corrected chi connectivity index (χ1v) is 6.05. The van der Waals surface area contributed by atoms with Crippen LogP contribution in [0.1, 0.15) is 19.8 Å². The molecule has 96 valence electrons. The van der Waals surface area contributed by atoms with Gasteiger partial charge in [0.15, 0.2) is 0 Å². The van der Waals surface area contributed by atoms with Crippen molar-refractivity contribution in [2.24, 2.45) is 0 Å². The van der Waals surface area contributed by atoms with Crippen molar-refractivity contribution in [1.29, 1.82) is 0 Å². The van der Waals surface area contributed by atoms with Crippen LogP contribution in [-0.4, -0.2) is 20.2 Å². The van der Waals surface area contributed by atoms with Crippen molar-refractivity contribution >= 4 is 17.0 Å². The van der Waals surface area contributed by atoms with Crippen molar-refractivity contribution < 1.29 is 9.90 Å². The highest BCUT2D eigenvalue weighted by atomic mass is 16.4. The molecule has 0 amide bonds. The molecule has 0 atom stereocenters. The smallest absolute Gasteiger partial charge is 0.329 e. The first-order chi connectivity index (χ1) is 8.65. The number of para-hydroxylation sites is 2. The van der Waals surface area contributed by atoms with Crippen molar-refractivity contribution in [3.8, 4) is 0 Å². The van der Waals surface area contributed by atoms with Gasteiger partial charge in [-0.25, -0.2) is 4.79 Å². The summed E-state index contributed by atoms with van der Waals surface area (Å²) in [6, 6.07) is 7.49. The molecule has 0 saturated carbocycles. The van der Waals surface area contributed by atoms with Crippen LogP contribution in [0.4, 0.5) is 0 Å². The molecule has 1 aromatic heterocycles. The van der Waals surface area contributed by atoms with Crippen LogP contribution in [0.5, 0.6) is 0 Å². The first kappa shape index (κ1) is 12.4. The number of aliphatic carboxylic acids is 1. The van der Waals surface area contributed by atoms with E-state index in [4.69, 9.17) is 5.11 Å². The highest BCUT2D eigenvalue weighted by Gasteiger charge is 2.12. The molecule has 0 radical (unpaired) electrons. The largest absolute Gasteiger partial charge is 0.481 e. The van der Waals surface area contributed by atoms with Crippen LogP contribution in [-0.2, 0) is 17.9 Å². The standard InChI is InChI=1S/C13H16N2O3/c1-2-8-14-10-5-3-4-6-11(10)15(13(14)18)9-7-12(16)17/h3-6H,2,7-9H2,1H3,(H,16,17). The molecule has 1 N–H and O–H groups in total. The predicted octanol–water partition coefficient (Wildman–Crippen LogP) is 1.69. The number of imidazole rings is 1. The van der Waals surface area contributed by atoms with Crippen LogP contribution in [0.25, 0.3) is 11.0 Å². The molecule has 1 heterocycles. The van der Waals surface area contributed by atoms with E-state index < -0.39 is 5.97 Å². The maximum atomic E-state index is 12.2. The fourth-order valence-corrected chi connectivity index (χ4v) is 2.14. The van der Waals surface area contributed by atoms with Crippen molar-refractivity contribution in [2.75, 3.05) is 0 Å². The Morgan fingerprint density at radius 1 is 1.17 bits per heavy atom. The Hall–Kier alpha value is -2.04. The van der Waals surface area contributed by atoms with Crippen LogP contribution in [0, 0.1) is 0 Å². The molecule has 0 spiro atoms. The van der Waals surface area contributed by atoms with Crippen LogP contribution in [0.2, 0.25) is 0 Å². The molecule has 0 aliphatic rings. The third kappa shape index (κ3) is 2.16. The molecular formula is C13H16N2O3. The minimum Gasteiger partial charge on any atom is -0.481 e. The summed E-state index contributed by atoms with van der Waals surface area (Å²) in [6.07, 6.45) is 0.826. The first-order valence-electron chi connectivity index (χ1n) is 6.05. The second-order valence-electron chi connectivity index (χ2n) is 4.22. The maximum absolute atomic E-state index is 12.2. The van der Waals surface area contributed by atoms with Gasteiger partial charge in [0, 0.05) is 13.1 Å². The van der Waals surface area contributed by atoms with Crippen LogP contribution < -0.4 is 5.69 Å². The van der Waals surface area contributed by atoms with Gasteiger partial charge in [-0.2, -0.15) is 0 Å². The molecule has 0 fully saturated rings. The summed E-state index contributed by atoms with van der Waals surface area (Å²) in [5, 5.41) is 8.73. The Balaban J connectivity index is 2.54. The molecule has 0 aliphatic carbocycles. The number of carboxylic acid groups (broad SMARTS) is 1. The number of hydrogen-bond donors (Lipinski definition) is 1. The highest BCUT2D eigenvalue weighted by Crippen LogP contribution is 2.13. The summed E-state index contributed by atoms with van der Waals surface area (Å²) in [4.78, 5) is 22.9. The number of aryl methyl sites for hydroxylation is 2. The lowest BCUT2D eigenvalue weighted by molar-refractivity contribution is -0.137. The molecule has 2 rings (SSSR count). The van der Waals surface area contributed by atoms with Gasteiger partial charge < -0.3 is 5.11 Å². The van der Waals surface area contributed by atoms with E-state index in [-0.39, 0.29) is 18.7 Å². The second-order valence-corrected chi connectivity index (χ2v) is 4.22. The number of carbonyl (C=O) groups is 1. The molecule has 18 heavy (non-hydrogen) atoms. The number of nitrogens with zero attached hydrogens (tertiary/aromatic N) is 2. The van der Waals surface area contributed by atoms with Crippen molar-refractivity contribution in [2.45, 2.75) is 32.9 Å². The van der Waals surface area contributed by atoms with E-state index in [0.29, 0.717) is 6.54 Å². The van der Waals surface area contributed by atoms with Crippen molar-refractivity contribution in [3.63, 3.8) is 0 Å². The van der Waals surface area contributed by atoms with Gasteiger partial charge in [-0.15, -0.1) is 0 Å². The zero-order valence-electron chi connectivity index (χ0n) is 10.3. The minimum atomic E-state index is -0.894. The van der Waals surface area contributed by atoms with E-state index in [9.17, 15) is 9.59 Å².